The molecule has 242 valence electrons. The number of hydrogen-bond donors (Lipinski definition) is 0. The van der Waals surface area contributed by atoms with Gasteiger partial charge in [0.25, 0.3) is 5.56 Å². The van der Waals surface area contributed by atoms with E-state index in [1.807, 2.05) is 51.9 Å². The summed E-state index contributed by atoms with van der Waals surface area (Å²) in [6.45, 7) is 7.72. The number of nitrogens with zero attached hydrogens (tertiary/aromatic N) is 4. The van der Waals surface area contributed by atoms with E-state index in [2.05, 4.69) is 35.9 Å². The van der Waals surface area contributed by atoms with Gasteiger partial charge in [0.15, 0.2) is 0 Å². The Kier molecular flexibility index (Phi) is 10.7. The number of benzene rings is 3. The number of halogens is 3. The van der Waals surface area contributed by atoms with E-state index in [-0.39, 0.29) is 18.0 Å². The summed E-state index contributed by atoms with van der Waals surface area (Å²) in [5.41, 5.74) is 4.37. The van der Waals surface area contributed by atoms with Crippen molar-refractivity contribution in [2.24, 2.45) is 0 Å². The second-order valence-corrected chi connectivity index (χ2v) is 11.8. The molecule has 1 aromatic heterocycles. The third-order valence-corrected chi connectivity index (χ3v) is 8.89. The average molecular weight is 631 g/mol. The Morgan fingerprint density at radius 3 is 2.11 bits per heavy atom. The summed E-state index contributed by atoms with van der Waals surface area (Å²) in [4.78, 5) is 35.6. The summed E-state index contributed by atoms with van der Waals surface area (Å²) in [5.74, 6) is 0.604. The van der Waals surface area contributed by atoms with Crippen LogP contribution in [0.25, 0.3) is 11.1 Å². The van der Waals surface area contributed by atoms with Crippen LogP contribution in [-0.2, 0) is 49.7 Å². The van der Waals surface area contributed by atoms with E-state index in [1.54, 1.807) is 0 Å². The number of alkyl halides is 3. The maximum absolute atomic E-state index is 14.1. The van der Waals surface area contributed by atoms with E-state index in [1.165, 1.54) is 12.1 Å². The predicted molar refractivity (Wildman–Crippen MR) is 174 cm³/mol. The molecule has 0 atom stereocenters. The standard InChI is InChI=1S/C37H41F3N4O2/c1-3-42(4-2)23-24-43(25-28-13-16-29(17-14-28)30-18-20-31(21-19-30)37(38,39)40)35(45)26-44-33-12-8-11-32(33)36(46)41-34(44)22-15-27-9-6-5-7-10-27/h5-7,9-10,13-14,16-21H,3-4,8,11-12,15,22-26H2,1-2H3. The monoisotopic (exact) mass is 630 g/mol. The second kappa shape index (κ2) is 14.9. The molecular formula is C37H41F3N4O2. The van der Waals surface area contributed by atoms with Crippen molar-refractivity contribution in [1.82, 2.24) is 19.4 Å². The van der Waals surface area contributed by atoms with Gasteiger partial charge in [-0.05, 0) is 73.2 Å². The van der Waals surface area contributed by atoms with Crippen LogP contribution in [0, 0.1) is 0 Å². The van der Waals surface area contributed by atoms with Crippen LogP contribution in [0.15, 0.2) is 83.7 Å². The number of carbonyl (C=O) groups is 1. The Hall–Kier alpha value is -4.24. The van der Waals surface area contributed by atoms with Gasteiger partial charge in [-0.1, -0.05) is 80.6 Å². The summed E-state index contributed by atoms with van der Waals surface area (Å²) in [6.07, 6.45) is -0.784. The largest absolute Gasteiger partial charge is 0.416 e. The molecule has 0 bridgehead atoms. The third-order valence-electron chi connectivity index (χ3n) is 8.89. The van der Waals surface area contributed by atoms with Crippen LogP contribution >= 0.6 is 0 Å². The molecule has 46 heavy (non-hydrogen) atoms. The van der Waals surface area contributed by atoms with E-state index in [9.17, 15) is 22.8 Å². The number of carbonyl (C=O) groups excluding carboxylic acids is 1. The number of likely N-dealkylation sites (N-methyl/N-ethyl adjacent to an activating group) is 1. The van der Waals surface area contributed by atoms with Gasteiger partial charge in [0, 0.05) is 37.3 Å². The molecule has 0 fully saturated rings. The molecule has 1 heterocycles. The highest BCUT2D eigenvalue weighted by atomic mass is 19.4. The minimum atomic E-state index is -4.38. The average Bonchev–Trinajstić information content (AvgIpc) is 3.56. The van der Waals surface area contributed by atoms with Crippen LogP contribution in [0.3, 0.4) is 0 Å². The Morgan fingerprint density at radius 2 is 1.48 bits per heavy atom. The van der Waals surface area contributed by atoms with Crippen molar-refractivity contribution in [3.8, 4) is 11.1 Å². The van der Waals surface area contributed by atoms with Gasteiger partial charge >= 0.3 is 6.18 Å². The molecule has 9 heteroatoms. The second-order valence-electron chi connectivity index (χ2n) is 11.8. The summed E-state index contributed by atoms with van der Waals surface area (Å²) in [6, 6.07) is 22.8. The van der Waals surface area contributed by atoms with Crippen molar-refractivity contribution in [3.63, 3.8) is 0 Å². The highest BCUT2D eigenvalue weighted by Gasteiger charge is 2.30. The molecule has 0 saturated heterocycles. The molecule has 3 aromatic carbocycles. The molecule has 0 N–H and O–H groups in total. The highest BCUT2D eigenvalue weighted by Crippen LogP contribution is 2.31. The number of aryl methyl sites for hydroxylation is 2. The molecule has 1 amide bonds. The lowest BCUT2D eigenvalue weighted by Gasteiger charge is -2.28. The molecule has 5 rings (SSSR count). The number of amides is 1. The van der Waals surface area contributed by atoms with E-state index in [0.717, 1.165) is 79.0 Å². The Morgan fingerprint density at radius 1 is 0.826 bits per heavy atom. The van der Waals surface area contributed by atoms with E-state index in [4.69, 9.17) is 0 Å². The summed E-state index contributed by atoms with van der Waals surface area (Å²) < 4.78 is 41.0. The Balaban J connectivity index is 1.37. The normalized spacial score (nSPS) is 12.8. The Bertz CT molecular complexity index is 1660. The molecule has 4 aromatic rings. The van der Waals surface area contributed by atoms with Gasteiger partial charge in [0.1, 0.15) is 12.4 Å². The van der Waals surface area contributed by atoms with Gasteiger partial charge in [-0.2, -0.15) is 18.2 Å². The summed E-state index contributed by atoms with van der Waals surface area (Å²) >= 11 is 0. The smallest absolute Gasteiger partial charge is 0.336 e. The zero-order valence-corrected chi connectivity index (χ0v) is 26.5. The summed E-state index contributed by atoms with van der Waals surface area (Å²) in [7, 11) is 0. The zero-order valence-electron chi connectivity index (χ0n) is 26.5. The van der Waals surface area contributed by atoms with Crippen molar-refractivity contribution >= 4 is 5.91 Å². The first-order chi connectivity index (χ1) is 22.2. The predicted octanol–water partition coefficient (Wildman–Crippen LogP) is 6.57. The first-order valence-electron chi connectivity index (χ1n) is 16.1. The molecule has 0 saturated carbocycles. The number of hydrogen-bond acceptors (Lipinski definition) is 4. The molecule has 6 nitrogen and oxygen atoms in total. The topological polar surface area (TPSA) is 58.4 Å². The maximum atomic E-state index is 14.1. The first-order valence-corrected chi connectivity index (χ1v) is 16.1. The van der Waals surface area contributed by atoms with Gasteiger partial charge in [-0.25, -0.2) is 0 Å². The Labute approximate surface area is 268 Å². The molecule has 0 aliphatic heterocycles. The lowest BCUT2D eigenvalue weighted by Crippen LogP contribution is -2.40. The van der Waals surface area contributed by atoms with Crippen LogP contribution in [0.4, 0.5) is 13.2 Å². The number of rotatable bonds is 13. The van der Waals surface area contributed by atoms with Crippen molar-refractivity contribution in [2.45, 2.75) is 65.2 Å². The van der Waals surface area contributed by atoms with Crippen molar-refractivity contribution in [2.75, 3.05) is 26.2 Å². The first kappa shape index (κ1) is 33.1. The van der Waals surface area contributed by atoms with Crippen LogP contribution in [0.1, 0.15) is 54.0 Å². The molecule has 0 unspecified atom stereocenters. The fraction of sp³-hybridized carbons (Fsp3) is 0.378. The van der Waals surface area contributed by atoms with Gasteiger partial charge in [0.05, 0.1) is 5.56 Å². The molecule has 0 spiro atoms. The van der Waals surface area contributed by atoms with Gasteiger partial charge in [0.2, 0.25) is 5.91 Å². The highest BCUT2D eigenvalue weighted by molar-refractivity contribution is 5.76. The molecular weight excluding hydrogens is 589 g/mol. The SMILES string of the molecule is CCN(CC)CCN(Cc1ccc(-c2ccc(C(F)(F)F)cc2)cc1)C(=O)Cn1c(CCc2ccccc2)nc(=O)c2c1CCC2. The number of aromatic nitrogens is 2. The molecule has 1 aliphatic carbocycles. The van der Waals surface area contributed by atoms with Crippen LogP contribution < -0.4 is 5.56 Å². The van der Waals surface area contributed by atoms with E-state index < -0.39 is 11.7 Å². The van der Waals surface area contributed by atoms with Crippen LogP contribution in [0.5, 0.6) is 0 Å². The summed E-state index contributed by atoms with van der Waals surface area (Å²) in [5, 5.41) is 0. The zero-order chi connectivity index (χ0) is 32.7. The van der Waals surface area contributed by atoms with E-state index >= 15 is 0 Å². The van der Waals surface area contributed by atoms with E-state index in [0.29, 0.717) is 37.3 Å². The lowest BCUT2D eigenvalue weighted by molar-refractivity contribution is -0.137. The minimum Gasteiger partial charge on any atom is -0.336 e. The van der Waals surface area contributed by atoms with Gasteiger partial charge in [-0.3, -0.25) is 9.59 Å². The quantitative estimate of drug-likeness (QED) is 0.168. The maximum Gasteiger partial charge on any atom is 0.416 e. The molecule has 1 aliphatic rings. The third kappa shape index (κ3) is 8.12. The number of fused-ring (bicyclic) bond motifs is 1. The minimum absolute atomic E-state index is 0.0421. The van der Waals surface area contributed by atoms with Crippen molar-refractivity contribution in [1.29, 1.82) is 0 Å². The van der Waals surface area contributed by atoms with Crippen LogP contribution in [-0.4, -0.2) is 51.4 Å². The fourth-order valence-electron chi connectivity index (χ4n) is 6.14. The van der Waals surface area contributed by atoms with Crippen molar-refractivity contribution in [3.05, 3.63) is 123 Å². The van der Waals surface area contributed by atoms with Gasteiger partial charge in [-0.15, -0.1) is 0 Å². The lowest BCUT2D eigenvalue weighted by atomic mass is 10.0. The van der Waals surface area contributed by atoms with Crippen LogP contribution in [0.2, 0.25) is 0 Å². The van der Waals surface area contributed by atoms with Crippen molar-refractivity contribution < 1.29 is 18.0 Å². The fourth-order valence-corrected chi connectivity index (χ4v) is 6.14. The van der Waals surface area contributed by atoms with Gasteiger partial charge < -0.3 is 14.4 Å². The molecule has 0 radical (unpaired) electrons.